The maximum Gasteiger partial charge on any atom is 0.213 e. The van der Waals surface area contributed by atoms with Crippen LogP contribution < -0.4 is 10.1 Å². The number of rotatable bonds is 9. The first-order chi connectivity index (χ1) is 8.72. The Labute approximate surface area is 110 Å². The molecule has 0 saturated carbocycles. The van der Waals surface area contributed by atoms with Crippen molar-refractivity contribution < 1.29 is 9.47 Å². The molecule has 0 aliphatic carbocycles. The molecule has 0 saturated heterocycles. The highest BCUT2D eigenvalue weighted by molar-refractivity contribution is 5.20. The Balaban J connectivity index is 2.32. The van der Waals surface area contributed by atoms with Crippen molar-refractivity contribution in [2.24, 2.45) is 5.92 Å². The number of nitrogens with one attached hydrogen (secondary N) is 1. The molecular formula is C14H24N2O2. The van der Waals surface area contributed by atoms with Crippen molar-refractivity contribution in [3.63, 3.8) is 0 Å². The van der Waals surface area contributed by atoms with Crippen molar-refractivity contribution >= 4 is 0 Å². The molecule has 0 aliphatic heterocycles. The normalized spacial score (nSPS) is 10.9. The first-order valence-electron chi connectivity index (χ1n) is 6.49. The van der Waals surface area contributed by atoms with E-state index in [1.54, 1.807) is 13.3 Å². The van der Waals surface area contributed by atoms with Crippen LogP contribution in [0.25, 0.3) is 0 Å². The van der Waals surface area contributed by atoms with E-state index in [1.165, 1.54) is 5.56 Å². The monoisotopic (exact) mass is 252 g/mol. The van der Waals surface area contributed by atoms with Gasteiger partial charge in [-0.3, -0.25) is 0 Å². The number of ether oxygens (including phenoxy) is 2. The van der Waals surface area contributed by atoms with Gasteiger partial charge in [0.1, 0.15) is 0 Å². The second-order valence-electron chi connectivity index (χ2n) is 4.72. The zero-order valence-corrected chi connectivity index (χ0v) is 11.6. The van der Waals surface area contributed by atoms with Crippen molar-refractivity contribution in [2.45, 2.75) is 26.8 Å². The lowest BCUT2D eigenvalue weighted by Gasteiger charge is -2.09. The lowest BCUT2D eigenvalue weighted by Crippen LogP contribution is -2.19. The zero-order valence-electron chi connectivity index (χ0n) is 11.6. The van der Waals surface area contributed by atoms with E-state index in [4.69, 9.17) is 9.47 Å². The SMILES string of the molecule is COCCCOc1cc(CNCC(C)C)ccn1. The van der Waals surface area contributed by atoms with Crippen LogP contribution in [0.2, 0.25) is 0 Å². The van der Waals surface area contributed by atoms with Gasteiger partial charge in [0.15, 0.2) is 0 Å². The first kappa shape index (κ1) is 14.9. The molecule has 0 bridgehead atoms. The number of methoxy groups -OCH3 is 1. The maximum absolute atomic E-state index is 5.56. The number of hydrogen-bond acceptors (Lipinski definition) is 4. The summed E-state index contributed by atoms with van der Waals surface area (Å²) in [7, 11) is 1.69. The fourth-order valence-corrected chi connectivity index (χ4v) is 1.52. The summed E-state index contributed by atoms with van der Waals surface area (Å²) >= 11 is 0. The molecule has 18 heavy (non-hydrogen) atoms. The third-order valence-electron chi connectivity index (χ3n) is 2.42. The summed E-state index contributed by atoms with van der Waals surface area (Å²) in [5, 5.41) is 3.40. The van der Waals surface area contributed by atoms with Gasteiger partial charge < -0.3 is 14.8 Å². The minimum atomic E-state index is 0.643. The van der Waals surface area contributed by atoms with Crippen LogP contribution in [0.15, 0.2) is 18.3 Å². The predicted molar refractivity (Wildman–Crippen MR) is 72.8 cm³/mol. The summed E-state index contributed by atoms with van der Waals surface area (Å²) in [6.07, 6.45) is 2.67. The van der Waals surface area contributed by atoms with Crippen LogP contribution in [-0.2, 0) is 11.3 Å². The van der Waals surface area contributed by atoms with Gasteiger partial charge in [-0.05, 0) is 24.1 Å². The molecule has 1 heterocycles. The Hall–Kier alpha value is -1.13. The Kier molecular flexibility index (Phi) is 7.37. The topological polar surface area (TPSA) is 43.4 Å². The van der Waals surface area contributed by atoms with Crippen LogP contribution in [0.5, 0.6) is 5.88 Å². The molecule has 1 aromatic heterocycles. The third kappa shape index (κ3) is 6.57. The number of pyridine rings is 1. The lowest BCUT2D eigenvalue weighted by atomic mass is 10.2. The van der Waals surface area contributed by atoms with Gasteiger partial charge in [0.05, 0.1) is 6.61 Å². The molecular weight excluding hydrogens is 228 g/mol. The zero-order chi connectivity index (χ0) is 13.2. The minimum Gasteiger partial charge on any atom is -0.478 e. The molecule has 0 aromatic carbocycles. The molecule has 0 unspecified atom stereocenters. The van der Waals surface area contributed by atoms with Crippen LogP contribution in [0.3, 0.4) is 0 Å². The van der Waals surface area contributed by atoms with Crippen LogP contribution in [0.1, 0.15) is 25.8 Å². The molecule has 0 atom stereocenters. The molecule has 0 spiro atoms. The van der Waals surface area contributed by atoms with Crippen LogP contribution in [-0.4, -0.2) is 31.9 Å². The summed E-state index contributed by atoms with van der Waals surface area (Å²) in [5.74, 6) is 1.35. The molecule has 0 fully saturated rings. The Morgan fingerprint density at radius 2 is 2.17 bits per heavy atom. The number of nitrogens with zero attached hydrogens (tertiary/aromatic N) is 1. The summed E-state index contributed by atoms with van der Waals surface area (Å²) in [6.45, 7) is 7.63. The van der Waals surface area contributed by atoms with Crippen molar-refractivity contribution in [2.75, 3.05) is 26.9 Å². The van der Waals surface area contributed by atoms with Gasteiger partial charge in [0.2, 0.25) is 5.88 Å². The molecule has 0 amide bonds. The average Bonchev–Trinajstić information content (AvgIpc) is 2.35. The molecule has 4 heteroatoms. The molecule has 0 aliphatic rings. The van der Waals surface area contributed by atoms with E-state index in [-0.39, 0.29) is 0 Å². The van der Waals surface area contributed by atoms with Crippen LogP contribution >= 0.6 is 0 Å². The fraction of sp³-hybridized carbons (Fsp3) is 0.643. The molecule has 1 rings (SSSR count). The quantitative estimate of drug-likeness (QED) is 0.685. The highest BCUT2D eigenvalue weighted by Crippen LogP contribution is 2.09. The van der Waals surface area contributed by atoms with Gasteiger partial charge in [-0.1, -0.05) is 13.8 Å². The van der Waals surface area contributed by atoms with E-state index in [2.05, 4.69) is 24.1 Å². The predicted octanol–water partition coefficient (Wildman–Crippen LogP) is 2.24. The molecule has 0 radical (unpaired) electrons. The van der Waals surface area contributed by atoms with Crippen molar-refractivity contribution in [3.05, 3.63) is 23.9 Å². The average molecular weight is 252 g/mol. The summed E-state index contributed by atoms with van der Waals surface area (Å²) < 4.78 is 10.5. The summed E-state index contributed by atoms with van der Waals surface area (Å²) in [5.41, 5.74) is 1.20. The minimum absolute atomic E-state index is 0.643. The van der Waals surface area contributed by atoms with E-state index in [0.717, 1.165) is 26.1 Å². The molecule has 102 valence electrons. The molecule has 4 nitrogen and oxygen atoms in total. The first-order valence-corrected chi connectivity index (χ1v) is 6.49. The van der Waals surface area contributed by atoms with Crippen molar-refractivity contribution in [3.8, 4) is 5.88 Å². The van der Waals surface area contributed by atoms with Gasteiger partial charge in [-0.25, -0.2) is 4.98 Å². The van der Waals surface area contributed by atoms with Gasteiger partial charge in [-0.2, -0.15) is 0 Å². The Bertz CT molecular complexity index is 329. The second kappa shape index (κ2) is 8.89. The van der Waals surface area contributed by atoms with E-state index in [1.807, 2.05) is 12.1 Å². The van der Waals surface area contributed by atoms with Gasteiger partial charge in [0, 0.05) is 38.9 Å². The van der Waals surface area contributed by atoms with E-state index in [0.29, 0.717) is 18.4 Å². The van der Waals surface area contributed by atoms with Crippen LogP contribution in [0, 0.1) is 5.92 Å². The summed E-state index contributed by atoms with van der Waals surface area (Å²) in [4.78, 5) is 4.19. The maximum atomic E-state index is 5.56. The Morgan fingerprint density at radius 3 is 2.89 bits per heavy atom. The van der Waals surface area contributed by atoms with E-state index in [9.17, 15) is 0 Å². The smallest absolute Gasteiger partial charge is 0.213 e. The number of aromatic nitrogens is 1. The summed E-state index contributed by atoms with van der Waals surface area (Å²) in [6, 6.07) is 4.00. The largest absolute Gasteiger partial charge is 0.478 e. The fourth-order valence-electron chi connectivity index (χ4n) is 1.52. The third-order valence-corrected chi connectivity index (χ3v) is 2.42. The van der Waals surface area contributed by atoms with Gasteiger partial charge >= 0.3 is 0 Å². The lowest BCUT2D eigenvalue weighted by molar-refractivity contribution is 0.170. The van der Waals surface area contributed by atoms with Gasteiger partial charge in [0.25, 0.3) is 0 Å². The van der Waals surface area contributed by atoms with Crippen LogP contribution in [0.4, 0.5) is 0 Å². The second-order valence-corrected chi connectivity index (χ2v) is 4.72. The van der Waals surface area contributed by atoms with E-state index >= 15 is 0 Å². The van der Waals surface area contributed by atoms with Crippen molar-refractivity contribution in [1.82, 2.24) is 10.3 Å². The molecule has 1 aromatic rings. The standard InChI is InChI=1S/C14H24N2O2/c1-12(2)10-15-11-13-5-6-16-14(9-13)18-8-4-7-17-3/h5-6,9,12,15H,4,7-8,10-11H2,1-3H3. The molecule has 1 N–H and O–H groups in total. The van der Waals surface area contributed by atoms with Gasteiger partial charge in [-0.15, -0.1) is 0 Å². The number of hydrogen-bond donors (Lipinski definition) is 1. The highest BCUT2D eigenvalue weighted by Gasteiger charge is 1.99. The van der Waals surface area contributed by atoms with E-state index < -0.39 is 0 Å². The van der Waals surface area contributed by atoms with Crippen molar-refractivity contribution in [1.29, 1.82) is 0 Å². The Morgan fingerprint density at radius 1 is 1.33 bits per heavy atom. The highest BCUT2D eigenvalue weighted by atomic mass is 16.5.